The SMILES string of the molecule is COc1ccc(-c2nc(CCNC(=O)Nc3cccc(Br)c3)co2)cc1. The van der Waals surface area contributed by atoms with Crippen LogP contribution in [0, 0.1) is 0 Å². The third-order valence-corrected chi connectivity index (χ3v) is 4.13. The molecule has 3 aromatic rings. The molecule has 0 unspecified atom stereocenters. The molecule has 2 amide bonds. The van der Waals surface area contributed by atoms with Gasteiger partial charge in [0, 0.05) is 28.7 Å². The Morgan fingerprint density at radius 1 is 1.23 bits per heavy atom. The maximum atomic E-state index is 11.9. The number of hydrogen-bond donors (Lipinski definition) is 2. The number of methoxy groups -OCH3 is 1. The molecular weight excluding hydrogens is 398 g/mol. The first-order chi connectivity index (χ1) is 12.6. The Bertz CT molecular complexity index is 878. The summed E-state index contributed by atoms with van der Waals surface area (Å²) in [6.45, 7) is 0.453. The van der Waals surface area contributed by atoms with E-state index < -0.39 is 0 Å². The van der Waals surface area contributed by atoms with E-state index >= 15 is 0 Å². The largest absolute Gasteiger partial charge is 0.497 e. The van der Waals surface area contributed by atoms with Gasteiger partial charge in [0.25, 0.3) is 0 Å². The van der Waals surface area contributed by atoms with Crippen molar-refractivity contribution < 1.29 is 13.9 Å². The number of benzene rings is 2. The molecule has 0 aliphatic heterocycles. The molecule has 0 saturated carbocycles. The van der Waals surface area contributed by atoms with E-state index in [2.05, 4.69) is 31.5 Å². The summed E-state index contributed by atoms with van der Waals surface area (Å²) in [5.41, 5.74) is 2.37. The Kier molecular flexibility index (Phi) is 5.91. The van der Waals surface area contributed by atoms with Crippen LogP contribution in [0.4, 0.5) is 10.5 Å². The number of anilines is 1. The van der Waals surface area contributed by atoms with Gasteiger partial charge in [-0.1, -0.05) is 22.0 Å². The summed E-state index contributed by atoms with van der Waals surface area (Å²) >= 11 is 3.37. The third kappa shape index (κ3) is 4.86. The Morgan fingerprint density at radius 3 is 2.77 bits per heavy atom. The highest BCUT2D eigenvalue weighted by molar-refractivity contribution is 9.10. The summed E-state index contributed by atoms with van der Waals surface area (Å²) in [5.74, 6) is 1.32. The van der Waals surface area contributed by atoms with Gasteiger partial charge < -0.3 is 19.8 Å². The number of amides is 2. The van der Waals surface area contributed by atoms with Gasteiger partial charge in [0.15, 0.2) is 0 Å². The number of rotatable bonds is 6. The van der Waals surface area contributed by atoms with E-state index in [9.17, 15) is 4.79 Å². The second-order valence-corrected chi connectivity index (χ2v) is 6.43. The summed E-state index contributed by atoms with van der Waals surface area (Å²) in [4.78, 5) is 16.4. The normalized spacial score (nSPS) is 10.4. The van der Waals surface area contributed by atoms with Crippen molar-refractivity contribution >= 4 is 27.6 Å². The van der Waals surface area contributed by atoms with Crippen molar-refractivity contribution in [2.75, 3.05) is 19.0 Å². The van der Waals surface area contributed by atoms with E-state index in [0.29, 0.717) is 18.9 Å². The summed E-state index contributed by atoms with van der Waals surface area (Å²) in [5, 5.41) is 5.57. The number of halogens is 1. The highest BCUT2D eigenvalue weighted by Gasteiger charge is 2.08. The predicted molar refractivity (Wildman–Crippen MR) is 103 cm³/mol. The summed E-state index contributed by atoms with van der Waals surface area (Å²) < 4.78 is 11.5. The van der Waals surface area contributed by atoms with Crippen molar-refractivity contribution in [3.05, 3.63) is 65.0 Å². The highest BCUT2D eigenvalue weighted by atomic mass is 79.9. The minimum Gasteiger partial charge on any atom is -0.497 e. The van der Waals surface area contributed by atoms with Crippen molar-refractivity contribution in [1.82, 2.24) is 10.3 Å². The Balaban J connectivity index is 1.49. The molecule has 6 nitrogen and oxygen atoms in total. The van der Waals surface area contributed by atoms with Gasteiger partial charge in [-0.05, 0) is 42.5 Å². The second-order valence-electron chi connectivity index (χ2n) is 5.51. The standard InChI is InChI=1S/C19H18BrN3O3/c1-25-17-7-5-13(6-8-17)18-22-16(12-26-18)9-10-21-19(24)23-15-4-2-3-14(20)11-15/h2-8,11-12H,9-10H2,1H3,(H2,21,23,24). The fourth-order valence-electron chi connectivity index (χ4n) is 2.33. The number of oxazole rings is 1. The molecule has 2 N–H and O–H groups in total. The van der Waals surface area contributed by atoms with Gasteiger partial charge >= 0.3 is 6.03 Å². The van der Waals surface area contributed by atoms with Gasteiger partial charge in [-0.15, -0.1) is 0 Å². The number of aromatic nitrogens is 1. The minimum absolute atomic E-state index is 0.262. The fourth-order valence-corrected chi connectivity index (χ4v) is 2.73. The number of hydrogen-bond acceptors (Lipinski definition) is 4. The number of ether oxygens (including phenoxy) is 1. The number of nitrogens with zero attached hydrogens (tertiary/aromatic N) is 1. The van der Waals surface area contributed by atoms with Gasteiger partial charge in [0.1, 0.15) is 12.0 Å². The van der Waals surface area contributed by atoms with Crippen molar-refractivity contribution in [1.29, 1.82) is 0 Å². The lowest BCUT2D eigenvalue weighted by atomic mass is 10.2. The molecule has 7 heteroatoms. The minimum atomic E-state index is -0.262. The van der Waals surface area contributed by atoms with Gasteiger partial charge in [0.05, 0.1) is 12.8 Å². The molecule has 1 aromatic heterocycles. The zero-order valence-electron chi connectivity index (χ0n) is 14.2. The van der Waals surface area contributed by atoms with Gasteiger partial charge in [0.2, 0.25) is 5.89 Å². The topological polar surface area (TPSA) is 76.4 Å². The summed E-state index contributed by atoms with van der Waals surface area (Å²) in [7, 11) is 1.62. The molecule has 0 atom stereocenters. The summed E-state index contributed by atoms with van der Waals surface area (Å²) in [6.07, 6.45) is 2.18. The van der Waals surface area contributed by atoms with E-state index in [1.807, 2.05) is 48.5 Å². The van der Waals surface area contributed by atoms with Crippen LogP contribution in [0.15, 0.2) is 63.7 Å². The molecule has 0 spiro atoms. The van der Waals surface area contributed by atoms with Crippen LogP contribution >= 0.6 is 15.9 Å². The molecule has 0 aliphatic rings. The molecule has 2 aromatic carbocycles. The maximum Gasteiger partial charge on any atom is 0.319 e. The first-order valence-electron chi connectivity index (χ1n) is 8.03. The second kappa shape index (κ2) is 8.53. The lowest BCUT2D eigenvalue weighted by Gasteiger charge is -2.07. The molecule has 0 saturated heterocycles. The molecule has 1 heterocycles. The van der Waals surface area contributed by atoms with E-state index in [-0.39, 0.29) is 6.03 Å². The number of urea groups is 1. The monoisotopic (exact) mass is 415 g/mol. The van der Waals surface area contributed by atoms with Crippen LogP contribution in [0.3, 0.4) is 0 Å². The lowest BCUT2D eigenvalue weighted by molar-refractivity contribution is 0.252. The van der Waals surface area contributed by atoms with Crippen molar-refractivity contribution in [3.63, 3.8) is 0 Å². The van der Waals surface area contributed by atoms with Crippen LogP contribution in [-0.2, 0) is 6.42 Å². The zero-order valence-corrected chi connectivity index (χ0v) is 15.7. The van der Waals surface area contributed by atoms with Crippen LogP contribution in [0.1, 0.15) is 5.69 Å². The van der Waals surface area contributed by atoms with Crippen molar-refractivity contribution in [2.45, 2.75) is 6.42 Å². The first-order valence-corrected chi connectivity index (χ1v) is 8.82. The zero-order chi connectivity index (χ0) is 18.4. The molecule has 134 valence electrons. The lowest BCUT2D eigenvalue weighted by Crippen LogP contribution is -2.30. The number of carbonyl (C=O) groups is 1. The van der Waals surface area contributed by atoms with Crippen LogP contribution in [-0.4, -0.2) is 24.7 Å². The third-order valence-electron chi connectivity index (χ3n) is 3.64. The number of nitrogens with one attached hydrogen (secondary N) is 2. The van der Waals surface area contributed by atoms with Crippen LogP contribution in [0.5, 0.6) is 5.75 Å². The van der Waals surface area contributed by atoms with Crippen molar-refractivity contribution in [2.24, 2.45) is 0 Å². The fraction of sp³-hybridized carbons (Fsp3) is 0.158. The van der Waals surface area contributed by atoms with Gasteiger partial charge in [-0.2, -0.15) is 0 Å². The smallest absolute Gasteiger partial charge is 0.319 e. The quantitative estimate of drug-likeness (QED) is 0.622. The average Bonchev–Trinajstić information content (AvgIpc) is 3.11. The van der Waals surface area contributed by atoms with E-state index in [1.54, 1.807) is 13.4 Å². The van der Waals surface area contributed by atoms with Gasteiger partial charge in [-0.25, -0.2) is 9.78 Å². The van der Waals surface area contributed by atoms with E-state index in [0.717, 1.165) is 27.2 Å². The van der Waals surface area contributed by atoms with Crippen molar-refractivity contribution in [3.8, 4) is 17.2 Å². The molecular formula is C19H18BrN3O3. The molecule has 0 fully saturated rings. The molecule has 0 radical (unpaired) electrons. The van der Waals surface area contributed by atoms with Crippen LogP contribution in [0.2, 0.25) is 0 Å². The summed E-state index contributed by atoms with van der Waals surface area (Å²) in [6, 6.07) is 14.6. The Hall–Kier alpha value is -2.80. The predicted octanol–water partition coefficient (Wildman–Crippen LogP) is 4.48. The highest BCUT2D eigenvalue weighted by Crippen LogP contribution is 2.21. The van der Waals surface area contributed by atoms with Crippen LogP contribution < -0.4 is 15.4 Å². The molecule has 0 bridgehead atoms. The first kappa shape index (κ1) is 18.0. The maximum absolute atomic E-state index is 11.9. The van der Waals surface area contributed by atoms with Crippen LogP contribution in [0.25, 0.3) is 11.5 Å². The van der Waals surface area contributed by atoms with E-state index in [1.165, 1.54) is 0 Å². The molecule has 26 heavy (non-hydrogen) atoms. The van der Waals surface area contributed by atoms with Gasteiger partial charge in [-0.3, -0.25) is 0 Å². The average molecular weight is 416 g/mol. The Labute approximate surface area is 159 Å². The molecule has 0 aliphatic carbocycles. The van der Waals surface area contributed by atoms with E-state index in [4.69, 9.17) is 9.15 Å². The Morgan fingerprint density at radius 2 is 2.04 bits per heavy atom. The molecule has 3 rings (SSSR count). The number of carbonyl (C=O) groups excluding carboxylic acids is 1.